The van der Waals surface area contributed by atoms with Gasteiger partial charge in [0.1, 0.15) is 0 Å². The van der Waals surface area contributed by atoms with E-state index < -0.39 is 11.7 Å². The minimum Gasteiger partial charge on any atom is -0.309 e. The molecule has 0 aliphatic carbocycles. The van der Waals surface area contributed by atoms with E-state index in [1.54, 1.807) is 0 Å². The molecule has 4 heterocycles. The van der Waals surface area contributed by atoms with Gasteiger partial charge in [-0.2, -0.15) is 23.7 Å². The molecule has 15 aromatic rings. The third-order valence-corrected chi connectivity index (χ3v) is 15.6. The first-order chi connectivity index (χ1) is 38.2. The van der Waals surface area contributed by atoms with E-state index in [2.05, 4.69) is 158 Å². The van der Waals surface area contributed by atoms with Gasteiger partial charge in [-0.05, 0) is 120 Å². The number of nitrogens with zero attached hydrogens (tertiary/aromatic N) is 6. The molecule has 0 amide bonds. The van der Waals surface area contributed by atoms with Crippen molar-refractivity contribution in [2.24, 2.45) is 0 Å². The van der Waals surface area contributed by atoms with Crippen LogP contribution in [0.1, 0.15) is 16.7 Å². The lowest BCUT2D eigenvalue weighted by Crippen LogP contribution is -2.05. The van der Waals surface area contributed by atoms with Crippen LogP contribution in [0, 0.1) is 22.7 Å². The molecule has 0 bridgehead atoms. The van der Waals surface area contributed by atoms with Gasteiger partial charge in [0, 0.05) is 65.6 Å². The van der Waals surface area contributed by atoms with E-state index >= 15 is 0 Å². The lowest BCUT2D eigenvalue weighted by Gasteiger charge is -2.20. The number of aromatic nitrogens is 4. The third-order valence-electron chi connectivity index (χ3n) is 15.6. The van der Waals surface area contributed by atoms with Crippen LogP contribution in [0.15, 0.2) is 237 Å². The maximum absolute atomic E-state index is 14.2. The van der Waals surface area contributed by atoms with E-state index in [1.807, 2.05) is 91.0 Å². The maximum Gasteiger partial charge on any atom is 0.416 e. The fourth-order valence-corrected chi connectivity index (χ4v) is 12.3. The fraction of sp³-hybridized carbons (Fsp3) is 0.0145. The Morgan fingerprint density at radius 1 is 0.308 bits per heavy atom. The molecule has 6 nitrogen and oxygen atoms in total. The summed E-state index contributed by atoms with van der Waals surface area (Å²) in [5.41, 5.74) is 13.3. The van der Waals surface area contributed by atoms with Gasteiger partial charge in [-0.25, -0.2) is 0 Å². The normalized spacial score (nSPS) is 12.0. The largest absolute Gasteiger partial charge is 0.416 e. The van der Waals surface area contributed by atoms with Crippen molar-refractivity contribution >= 4 is 87.2 Å². The van der Waals surface area contributed by atoms with Gasteiger partial charge >= 0.3 is 6.18 Å². The van der Waals surface area contributed by atoms with Gasteiger partial charge in [0.2, 0.25) is 0 Å². The zero-order valence-electron chi connectivity index (χ0n) is 41.3. The SMILES string of the molecule is N#Cc1ccc(-c2cc(-c3ccc(C(F)(F)F)cc3C#N)ccc2-n2c3ccccc3c3cc4c5ccccc5n(-c5ccccc5)c4cc32)c(-n2c3ccccc3c3cc4c5ccccc5n(-c5ccccc5)c4cc32)c1. The van der Waals surface area contributed by atoms with Crippen LogP contribution in [0.3, 0.4) is 0 Å². The van der Waals surface area contributed by atoms with Crippen LogP contribution in [-0.2, 0) is 6.18 Å². The van der Waals surface area contributed by atoms with Crippen LogP contribution in [0.25, 0.3) is 132 Å². The average Bonchev–Trinajstić information content (AvgIpc) is 3.64. The average molecular weight is 1010 g/mol. The molecule has 0 N–H and O–H groups in total. The smallest absolute Gasteiger partial charge is 0.309 e. The Labute approximate surface area is 443 Å². The summed E-state index contributed by atoms with van der Waals surface area (Å²) in [7, 11) is 0. The van der Waals surface area contributed by atoms with Gasteiger partial charge < -0.3 is 18.3 Å². The Balaban J connectivity index is 1.07. The second-order valence-electron chi connectivity index (χ2n) is 19.8. The van der Waals surface area contributed by atoms with Crippen LogP contribution >= 0.6 is 0 Å². The molecule has 15 rings (SSSR count). The second-order valence-corrected chi connectivity index (χ2v) is 19.8. The van der Waals surface area contributed by atoms with Crippen molar-refractivity contribution < 1.29 is 13.2 Å². The quantitative estimate of drug-likeness (QED) is 0.167. The lowest BCUT2D eigenvalue weighted by atomic mass is 9.92. The Hall–Kier alpha value is -10.6. The van der Waals surface area contributed by atoms with Crippen molar-refractivity contribution in [2.45, 2.75) is 6.18 Å². The molecule has 0 radical (unpaired) electrons. The van der Waals surface area contributed by atoms with Crippen molar-refractivity contribution in [1.29, 1.82) is 10.5 Å². The summed E-state index contributed by atoms with van der Waals surface area (Å²) >= 11 is 0. The molecule has 0 unspecified atom stereocenters. The third kappa shape index (κ3) is 6.62. The molecule has 78 heavy (non-hydrogen) atoms. The summed E-state index contributed by atoms with van der Waals surface area (Å²) in [4.78, 5) is 0. The molecule has 0 saturated carbocycles. The van der Waals surface area contributed by atoms with Gasteiger partial charge in [-0.3, -0.25) is 0 Å². The Morgan fingerprint density at radius 3 is 1.22 bits per heavy atom. The van der Waals surface area contributed by atoms with Crippen LogP contribution in [-0.4, -0.2) is 18.3 Å². The molecule has 9 heteroatoms. The zero-order valence-corrected chi connectivity index (χ0v) is 41.3. The lowest BCUT2D eigenvalue weighted by molar-refractivity contribution is -0.137. The highest BCUT2D eigenvalue weighted by molar-refractivity contribution is 6.21. The molecule has 0 saturated heterocycles. The molecular formula is C69H39F3N6. The predicted molar refractivity (Wildman–Crippen MR) is 309 cm³/mol. The molecule has 0 fully saturated rings. The van der Waals surface area contributed by atoms with Gasteiger partial charge in [-0.15, -0.1) is 0 Å². The van der Waals surface area contributed by atoms with Crippen molar-refractivity contribution in [3.05, 3.63) is 253 Å². The van der Waals surface area contributed by atoms with Crippen molar-refractivity contribution in [3.63, 3.8) is 0 Å². The number of halogens is 3. The molecule has 4 aromatic heterocycles. The molecule has 366 valence electrons. The molecule has 11 aromatic carbocycles. The van der Waals surface area contributed by atoms with E-state index in [0.717, 1.165) is 133 Å². The summed E-state index contributed by atoms with van der Waals surface area (Å²) < 4.78 is 51.9. The van der Waals surface area contributed by atoms with E-state index in [4.69, 9.17) is 0 Å². The van der Waals surface area contributed by atoms with Gasteiger partial charge in [0.15, 0.2) is 0 Å². The summed E-state index contributed by atoms with van der Waals surface area (Å²) in [5, 5.41) is 29.9. The highest BCUT2D eigenvalue weighted by atomic mass is 19.4. The number of alkyl halides is 3. The Bertz CT molecular complexity index is 5100. The highest BCUT2D eigenvalue weighted by Crippen LogP contribution is 2.46. The highest BCUT2D eigenvalue weighted by Gasteiger charge is 2.32. The first-order valence-corrected chi connectivity index (χ1v) is 25.6. The van der Waals surface area contributed by atoms with E-state index in [9.17, 15) is 23.7 Å². The zero-order chi connectivity index (χ0) is 52.4. The monoisotopic (exact) mass is 1010 g/mol. The van der Waals surface area contributed by atoms with Gasteiger partial charge in [0.05, 0.1) is 84.3 Å². The number of hydrogen-bond acceptors (Lipinski definition) is 2. The standard InChI is InChI=1S/C69H39F3N6/c70-69(71,72)45-29-31-48(44(34-45)41-74)43-28-32-63(77-61-25-13-9-21-51(61)57-36-55-49-19-7-11-23-59(49)75(65(55)38-67(57)77)46-15-3-1-4-16-46)54(35-43)53-30-27-42(40-73)33-64(53)78-62-26-14-10-22-52(62)58-37-56-50-20-8-12-24-60(50)76(66(56)39-68(58)78)47-17-5-2-6-18-47/h1-39H. The minimum atomic E-state index is -4.64. The van der Waals surface area contributed by atoms with E-state index in [0.29, 0.717) is 16.7 Å². The number of hydrogen-bond donors (Lipinski definition) is 0. The van der Waals surface area contributed by atoms with Crippen LogP contribution in [0.4, 0.5) is 13.2 Å². The molecule has 0 spiro atoms. The van der Waals surface area contributed by atoms with Gasteiger partial charge in [0.25, 0.3) is 0 Å². The first kappa shape index (κ1) is 44.8. The van der Waals surface area contributed by atoms with E-state index in [-0.39, 0.29) is 5.56 Å². The van der Waals surface area contributed by atoms with Crippen molar-refractivity contribution in [2.75, 3.05) is 0 Å². The number of benzene rings is 11. The molecule has 0 atom stereocenters. The number of rotatable bonds is 6. The molecule has 0 aliphatic heterocycles. The van der Waals surface area contributed by atoms with Crippen molar-refractivity contribution in [1.82, 2.24) is 18.3 Å². The Kier molecular flexibility index (Phi) is 9.75. The topological polar surface area (TPSA) is 67.3 Å². The number of fused-ring (bicyclic) bond motifs is 12. The number of para-hydroxylation sites is 6. The maximum atomic E-state index is 14.2. The summed E-state index contributed by atoms with van der Waals surface area (Å²) in [5.74, 6) is 0. The van der Waals surface area contributed by atoms with Crippen LogP contribution < -0.4 is 0 Å². The van der Waals surface area contributed by atoms with Gasteiger partial charge in [-0.1, -0.05) is 127 Å². The van der Waals surface area contributed by atoms with Crippen LogP contribution in [0.2, 0.25) is 0 Å². The summed E-state index contributed by atoms with van der Waals surface area (Å²) in [6.45, 7) is 0. The first-order valence-electron chi connectivity index (χ1n) is 25.6. The molecule has 0 aliphatic rings. The van der Waals surface area contributed by atoms with Crippen LogP contribution in [0.5, 0.6) is 0 Å². The predicted octanol–water partition coefficient (Wildman–Crippen LogP) is 18.2. The second kappa shape index (κ2) is 17.0. The fourth-order valence-electron chi connectivity index (χ4n) is 12.3. The Morgan fingerprint density at radius 2 is 0.744 bits per heavy atom. The number of nitriles is 2. The summed E-state index contributed by atoms with van der Waals surface area (Å²) in [6.07, 6.45) is -4.64. The summed E-state index contributed by atoms with van der Waals surface area (Å²) in [6, 6.07) is 82.9. The minimum absolute atomic E-state index is 0.100. The molecular weight excluding hydrogens is 970 g/mol. The van der Waals surface area contributed by atoms with E-state index in [1.165, 1.54) is 6.07 Å². The van der Waals surface area contributed by atoms with Crippen molar-refractivity contribution in [3.8, 4) is 57.1 Å².